The molecule has 0 bridgehead atoms. The molecule has 2 unspecified atom stereocenters. The number of sulfonamides is 1. The van der Waals surface area contributed by atoms with Gasteiger partial charge in [-0.15, -0.1) is 0 Å². The number of anilines is 2. The lowest BCUT2D eigenvalue weighted by Gasteiger charge is -2.30. The van der Waals surface area contributed by atoms with Crippen LogP contribution in [0.1, 0.15) is 39.5 Å². The van der Waals surface area contributed by atoms with Crippen molar-refractivity contribution < 1.29 is 55.9 Å². The molecule has 2 aromatic rings. The fraction of sp³-hybridized carbons (Fsp3) is 0.714. The van der Waals surface area contributed by atoms with Crippen molar-refractivity contribution in [2.45, 2.75) is 100 Å². The van der Waals surface area contributed by atoms with E-state index in [2.05, 4.69) is 35.9 Å². The van der Waals surface area contributed by atoms with Gasteiger partial charge in [-0.1, -0.05) is 0 Å². The summed E-state index contributed by atoms with van der Waals surface area (Å²) < 4.78 is 70.1. The van der Waals surface area contributed by atoms with Crippen molar-refractivity contribution in [1.82, 2.24) is 29.6 Å². The first-order valence-corrected chi connectivity index (χ1v) is 20.8. The van der Waals surface area contributed by atoms with Crippen LogP contribution in [0.3, 0.4) is 0 Å². The normalized spacial score (nSPS) is 30.7. The third-order valence-electron chi connectivity index (χ3n) is 10.3. The molecule has 6 aliphatic rings. The number of carbonyl (C=O) groups is 2. The van der Waals surface area contributed by atoms with E-state index in [-0.39, 0.29) is 67.3 Å². The molecule has 8 atom stereocenters. The predicted octanol–water partition coefficient (Wildman–Crippen LogP) is -0.0936. The van der Waals surface area contributed by atoms with Crippen molar-refractivity contribution in [1.29, 1.82) is 0 Å². The lowest BCUT2D eigenvalue weighted by atomic mass is 10.1. The quantitative estimate of drug-likeness (QED) is 0.252. The first-order chi connectivity index (χ1) is 27.0. The van der Waals surface area contributed by atoms with Crippen molar-refractivity contribution in [3.63, 3.8) is 0 Å². The van der Waals surface area contributed by atoms with Crippen molar-refractivity contribution >= 4 is 33.9 Å². The summed E-state index contributed by atoms with van der Waals surface area (Å²) >= 11 is 0. The Balaban J connectivity index is 0.000000173. The van der Waals surface area contributed by atoms with Crippen LogP contribution in [0.4, 0.5) is 11.9 Å². The maximum absolute atomic E-state index is 11.6. The van der Waals surface area contributed by atoms with Crippen LogP contribution < -0.4 is 25.4 Å². The highest BCUT2D eigenvalue weighted by atomic mass is 32.2. The van der Waals surface area contributed by atoms with Crippen molar-refractivity contribution in [3.8, 4) is 11.8 Å². The van der Waals surface area contributed by atoms with E-state index in [0.717, 1.165) is 25.9 Å². The summed E-state index contributed by atoms with van der Waals surface area (Å²) in [6.07, 6.45) is 5.23. The highest BCUT2D eigenvalue weighted by Gasteiger charge is 2.51. The van der Waals surface area contributed by atoms with E-state index in [1.807, 2.05) is 0 Å². The van der Waals surface area contributed by atoms with E-state index >= 15 is 0 Å². The van der Waals surface area contributed by atoms with Gasteiger partial charge in [-0.25, -0.2) is 22.7 Å². The second-order valence-corrected chi connectivity index (χ2v) is 16.5. The van der Waals surface area contributed by atoms with Crippen LogP contribution in [-0.2, 0) is 48.0 Å². The molecule has 0 aromatic carbocycles. The van der Waals surface area contributed by atoms with Gasteiger partial charge in [0.05, 0.1) is 32.7 Å². The van der Waals surface area contributed by atoms with Gasteiger partial charge in [-0.3, -0.25) is 9.59 Å². The standard InChI is InChI=1S/C18H26N4O7S.C17H24N4O5/c1-11(23)28-13-9-26-17-14(10-27-16(13)17)29-15-3-6-19-18(21-15)20-12-4-7-22(8-5-12)30(2,24)25;1-10(22)25-12-8-23-16-13(9-24-15(12)16)26-14-4-7-19-17(21-14)20-11-2-5-18-6-3-11/h3,6,12-14,16-17H,4-5,7-10H2,1-2H3,(H,19,20,21);4,7,11-13,15-16,18H,2-3,5-6,8-9H2,1H3,(H,19,20,21)/t13-,14?,16+,17+;12-,13?,15+,16+/m00/s1. The average molecular weight is 807 g/mol. The Morgan fingerprint density at radius 3 is 1.54 bits per heavy atom. The summed E-state index contributed by atoms with van der Waals surface area (Å²) in [6, 6.07) is 3.83. The Hall–Kier alpha value is -3.99. The average Bonchev–Trinajstić information content (AvgIpc) is 3.95. The molecule has 0 aliphatic carbocycles. The minimum atomic E-state index is -3.16. The molecule has 8 rings (SSSR count). The molecule has 6 aliphatic heterocycles. The summed E-state index contributed by atoms with van der Waals surface area (Å²) in [7, 11) is -3.16. The number of nitrogens with zero attached hydrogens (tertiary/aromatic N) is 5. The van der Waals surface area contributed by atoms with Crippen LogP contribution >= 0.6 is 0 Å². The first-order valence-electron chi connectivity index (χ1n) is 19.0. The van der Waals surface area contributed by atoms with Crippen LogP contribution in [-0.4, -0.2) is 164 Å². The Labute approximate surface area is 325 Å². The zero-order valence-corrected chi connectivity index (χ0v) is 32.4. The molecule has 6 fully saturated rings. The molecule has 0 spiro atoms. The number of hydrogen-bond donors (Lipinski definition) is 3. The van der Waals surface area contributed by atoms with Gasteiger partial charge in [-0.05, 0) is 38.8 Å². The van der Waals surface area contributed by atoms with Gasteiger partial charge in [0.2, 0.25) is 33.7 Å². The monoisotopic (exact) mass is 806 g/mol. The van der Waals surface area contributed by atoms with E-state index in [0.29, 0.717) is 75.5 Å². The minimum absolute atomic E-state index is 0.0834. The van der Waals surface area contributed by atoms with E-state index in [9.17, 15) is 18.0 Å². The number of fused-ring (bicyclic) bond motifs is 2. The molecular formula is C35H50N8O12S. The Kier molecular flexibility index (Phi) is 13.0. The summed E-state index contributed by atoms with van der Waals surface area (Å²) in [6.45, 7) is 6.95. The van der Waals surface area contributed by atoms with E-state index in [1.54, 1.807) is 24.5 Å². The first kappa shape index (κ1) is 40.2. The fourth-order valence-electron chi connectivity index (χ4n) is 7.62. The van der Waals surface area contributed by atoms with Crippen LogP contribution in [0.2, 0.25) is 0 Å². The predicted molar refractivity (Wildman–Crippen MR) is 196 cm³/mol. The van der Waals surface area contributed by atoms with Crippen LogP contribution in [0.25, 0.3) is 0 Å². The molecule has 20 nitrogen and oxygen atoms in total. The number of nitrogens with one attached hydrogen (secondary N) is 3. The van der Waals surface area contributed by atoms with Gasteiger partial charge >= 0.3 is 11.9 Å². The molecule has 6 saturated heterocycles. The molecule has 3 N–H and O–H groups in total. The van der Waals surface area contributed by atoms with Gasteiger partial charge in [0, 0.05) is 63.5 Å². The SMILES string of the molecule is CC(=O)O[C@H]1CO[C@@H]2C(Oc3ccnc(NC4CCN(S(C)(=O)=O)CC4)n3)CO[C@H]12.CC(=O)O[C@H]1CO[C@@H]2C(Oc3ccnc(NC4CCNCC4)n3)CO[C@H]12. The highest BCUT2D eigenvalue weighted by molar-refractivity contribution is 7.88. The Bertz CT molecular complexity index is 1770. The fourth-order valence-corrected chi connectivity index (χ4v) is 8.49. The number of esters is 2. The summed E-state index contributed by atoms with van der Waals surface area (Å²) in [5.41, 5.74) is 0. The Morgan fingerprint density at radius 1 is 0.696 bits per heavy atom. The van der Waals surface area contributed by atoms with Crippen LogP contribution in [0.15, 0.2) is 24.5 Å². The largest absolute Gasteiger partial charge is 0.469 e. The zero-order chi connectivity index (χ0) is 39.2. The lowest BCUT2D eigenvalue weighted by molar-refractivity contribution is -0.151. The second kappa shape index (κ2) is 18.1. The number of piperidine rings is 2. The minimum Gasteiger partial charge on any atom is -0.469 e. The van der Waals surface area contributed by atoms with Crippen molar-refractivity contribution in [2.75, 3.05) is 69.5 Å². The summed E-state index contributed by atoms with van der Waals surface area (Å²) in [5.74, 6) is 1.14. The number of aromatic nitrogens is 4. The number of ether oxygens (including phenoxy) is 8. The van der Waals surface area contributed by atoms with Crippen molar-refractivity contribution in [3.05, 3.63) is 24.5 Å². The maximum atomic E-state index is 11.6. The highest BCUT2D eigenvalue weighted by Crippen LogP contribution is 2.33. The van der Waals surface area contributed by atoms with E-state index < -0.39 is 16.1 Å². The van der Waals surface area contributed by atoms with Crippen LogP contribution in [0.5, 0.6) is 11.8 Å². The molecule has 21 heteroatoms. The van der Waals surface area contributed by atoms with Crippen molar-refractivity contribution in [2.24, 2.45) is 0 Å². The maximum Gasteiger partial charge on any atom is 0.303 e. The van der Waals surface area contributed by atoms with Gasteiger partial charge in [0.1, 0.15) is 24.4 Å². The molecule has 56 heavy (non-hydrogen) atoms. The molecule has 0 saturated carbocycles. The molecule has 8 heterocycles. The lowest BCUT2D eigenvalue weighted by Crippen LogP contribution is -2.42. The second-order valence-electron chi connectivity index (χ2n) is 14.5. The topological polar surface area (TPSA) is 233 Å². The molecule has 0 amide bonds. The van der Waals surface area contributed by atoms with Gasteiger partial charge < -0.3 is 53.8 Å². The van der Waals surface area contributed by atoms with Crippen LogP contribution in [0, 0.1) is 0 Å². The third kappa shape index (κ3) is 10.3. The van der Waals surface area contributed by atoms with E-state index in [1.165, 1.54) is 24.4 Å². The van der Waals surface area contributed by atoms with Gasteiger partial charge in [-0.2, -0.15) is 9.97 Å². The molecule has 308 valence electrons. The molecular weight excluding hydrogens is 756 g/mol. The zero-order valence-electron chi connectivity index (χ0n) is 31.6. The van der Waals surface area contributed by atoms with Gasteiger partial charge in [0.15, 0.2) is 24.4 Å². The van der Waals surface area contributed by atoms with Gasteiger partial charge in [0.25, 0.3) is 0 Å². The summed E-state index contributed by atoms with van der Waals surface area (Å²) in [4.78, 5) is 39.7. The third-order valence-corrected chi connectivity index (χ3v) is 11.6. The number of carbonyl (C=O) groups excluding carboxylic acids is 2. The summed E-state index contributed by atoms with van der Waals surface area (Å²) in [5, 5.41) is 9.94. The Morgan fingerprint density at radius 2 is 1.11 bits per heavy atom. The smallest absolute Gasteiger partial charge is 0.303 e. The molecule has 2 aromatic heterocycles. The number of hydrogen-bond acceptors (Lipinski definition) is 19. The number of rotatable bonds is 11. The molecule has 0 radical (unpaired) electrons. The van der Waals surface area contributed by atoms with E-state index in [4.69, 9.17) is 37.9 Å².